The summed E-state index contributed by atoms with van der Waals surface area (Å²) < 4.78 is 26.6. The van der Waals surface area contributed by atoms with Crippen molar-refractivity contribution in [1.82, 2.24) is 0 Å². The summed E-state index contributed by atoms with van der Waals surface area (Å²) >= 11 is 1.35. The highest BCUT2D eigenvalue weighted by atomic mass is 32.1. The van der Waals surface area contributed by atoms with E-state index in [9.17, 15) is 13.6 Å². The van der Waals surface area contributed by atoms with Crippen LogP contribution < -0.4 is 0 Å². The third kappa shape index (κ3) is 2.24. The minimum Gasteiger partial charge on any atom is -0.481 e. The Labute approximate surface area is 95.9 Å². The summed E-state index contributed by atoms with van der Waals surface area (Å²) in [5.41, 5.74) is 0. The van der Waals surface area contributed by atoms with Gasteiger partial charge in [0.25, 0.3) is 0 Å². The fourth-order valence-corrected chi connectivity index (χ4v) is 3.12. The highest BCUT2D eigenvalue weighted by Gasteiger charge is 2.45. The van der Waals surface area contributed by atoms with Gasteiger partial charge >= 0.3 is 5.97 Å². The topological polar surface area (TPSA) is 37.3 Å². The zero-order valence-corrected chi connectivity index (χ0v) is 9.34. The van der Waals surface area contributed by atoms with Crippen LogP contribution in [0.4, 0.5) is 8.78 Å². The van der Waals surface area contributed by atoms with Crippen molar-refractivity contribution in [2.75, 3.05) is 0 Å². The molecule has 5 heteroatoms. The highest BCUT2D eigenvalue weighted by molar-refractivity contribution is 7.10. The summed E-state index contributed by atoms with van der Waals surface area (Å²) in [7, 11) is 0. The average molecular weight is 246 g/mol. The van der Waals surface area contributed by atoms with Crippen LogP contribution in [0.3, 0.4) is 0 Å². The Hall–Kier alpha value is -0.970. The van der Waals surface area contributed by atoms with E-state index < -0.39 is 23.7 Å². The maximum Gasteiger partial charge on any atom is 0.307 e. The van der Waals surface area contributed by atoms with Crippen LogP contribution in [0.5, 0.6) is 0 Å². The van der Waals surface area contributed by atoms with Crippen LogP contribution in [0.2, 0.25) is 0 Å². The number of hydrogen-bond donors (Lipinski definition) is 1. The second-order valence-electron chi connectivity index (χ2n) is 4.17. The van der Waals surface area contributed by atoms with Gasteiger partial charge < -0.3 is 5.11 Å². The van der Waals surface area contributed by atoms with Crippen molar-refractivity contribution in [2.24, 2.45) is 5.92 Å². The lowest BCUT2D eigenvalue weighted by Crippen LogP contribution is -2.34. The Morgan fingerprint density at radius 1 is 1.56 bits per heavy atom. The molecule has 1 fully saturated rings. The van der Waals surface area contributed by atoms with Crippen LogP contribution in [-0.4, -0.2) is 17.0 Å². The van der Waals surface area contributed by atoms with E-state index >= 15 is 0 Å². The van der Waals surface area contributed by atoms with Crippen LogP contribution in [0.1, 0.15) is 30.1 Å². The maximum atomic E-state index is 13.3. The number of carboxylic acids is 1. The molecule has 0 bridgehead atoms. The molecule has 1 aromatic rings. The van der Waals surface area contributed by atoms with Crippen molar-refractivity contribution in [3.05, 3.63) is 22.4 Å². The SMILES string of the molecule is O=C(O)[C@H]1CCC(F)(F)C[C@@H]1c1cccs1. The number of carboxylic acid groups (broad SMARTS) is 1. The van der Waals surface area contributed by atoms with Crippen molar-refractivity contribution < 1.29 is 18.7 Å². The lowest BCUT2D eigenvalue weighted by atomic mass is 9.76. The molecule has 88 valence electrons. The maximum absolute atomic E-state index is 13.3. The van der Waals surface area contributed by atoms with E-state index in [-0.39, 0.29) is 19.3 Å². The molecule has 2 atom stereocenters. The summed E-state index contributed by atoms with van der Waals surface area (Å²) in [4.78, 5) is 11.8. The van der Waals surface area contributed by atoms with E-state index in [0.717, 1.165) is 4.88 Å². The van der Waals surface area contributed by atoms with Crippen molar-refractivity contribution in [2.45, 2.75) is 31.1 Å². The van der Waals surface area contributed by atoms with Gasteiger partial charge in [-0.15, -0.1) is 11.3 Å². The molecular weight excluding hydrogens is 234 g/mol. The zero-order chi connectivity index (χ0) is 11.8. The van der Waals surface area contributed by atoms with Gasteiger partial charge in [0.2, 0.25) is 5.92 Å². The van der Waals surface area contributed by atoms with Crippen LogP contribution in [-0.2, 0) is 4.79 Å². The molecule has 0 saturated heterocycles. The summed E-state index contributed by atoms with van der Waals surface area (Å²) in [5, 5.41) is 10.8. The minimum atomic E-state index is -2.72. The van der Waals surface area contributed by atoms with Crippen LogP contribution in [0.25, 0.3) is 0 Å². The number of hydrogen-bond acceptors (Lipinski definition) is 2. The Morgan fingerprint density at radius 3 is 2.88 bits per heavy atom. The normalized spacial score (nSPS) is 28.9. The molecule has 0 spiro atoms. The fourth-order valence-electron chi connectivity index (χ4n) is 2.23. The number of alkyl halides is 2. The van der Waals surface area contributed by atoms with Gasteiger partial charge in [0.15, 0.2) is 0 Å². The fraction of sp³-hybridized carbons (Fsp3) is 0.545. The van der Waals surface area contributed by atoms with Gasteiger partial charge in [0.1, 0.15) is 0 Å². The Bertz CT molecular complexity index is 375. The molecule has 1 N–H and O–H groups in total. The lowest BCUT2D eigenvalue weighted by molar-refractivity contribution is -0.147. The Morgan fingerprint density at radius 2 is 2.31 bits per heavy atom. The molecule has 2 nitrogen and oxygen atoms in total. The molecule has 1 heterocycles. The predicted molar refractivity (Wildman–Crippen MR) is 57.0 cm³/mol. The Kier molecular flexibility index (Phi) is 2.97. The molecule has 1 aliphatic carbocycles. The molecule has 16 heavy (non-hydrogen) atoms. The van der Waals surface area contributed by atoms with Crippen LogP contribution in [0.15, 0.2) is 17.5 Å². The molecule has 0 aromatic carbocycles. The van der Waals surface area contributed by atoms with Crippen molar-refractivity contribution in [3.63, 3.8) is 0 Å². The molecular formula is C11H12F2O2S. The van der Waals surface area contributed by atoms with Crippen molar-refractivity contribution in [1.29, 1.82) is 0 Å². The number of thiophene rings is 1. The summed E-state index contributed by atoms with van der Waals surface area (Å²) in [6, 6.07) is 3.51. The number of rotatable bonds is 2. The smallest absolute Gasteiger partial charge is 0.307 e. The van der Waals surface area contributed by atoms with Gasteiger partial charge in [0, 0.05) is 23.6 Å². The third-order valence-electron chi connectivity index (χ3n) is 3.05. The predicted octanol–water partition coefficient (Wildman–Crippen LogP) is 3.35. The monoisotopic (exact) mass is 246 g/mol. The zero-order valence-electron chi connectivity index (χ0n) is 8.53. The molecule has 1 aliphatic rings. The molecule has 2 rings (SSSR count). The number of aliphatic carboxylic acids is 1. The molecule has 0 amide bonds. The summed E-state index contributed by atoms with van der Waals surface area (Å²) in [5.74, 6) is -4.89. The van der Waals surface area contributed by atoms with Gasteiger partial charge in [-0.05, 0) is 17.9 Å². The lowest BCUT2D eigenvalue weighted by Gasteiger charge is -2.33. The molecule has 0 radical (unpaired) electrons. The van der Waals surface area contributed by atoms with E-state index in [0.29, 0.717) is 0 Å². The molecule has 1 aromatic heterocycles. The standard InChI is InChI=1S/C11H12F2O2S/c12-11(13)4-3-7(10(14)15)8(6-11)9-2-1-5-16-9/h1-2,5,7-8H,3-4,6H2,(H,14,15)/t7-,8-/m0/s1. The van der Waals surface area contributed by atoms with Gasteiger partial charge in [0.05, 0.1) is 5.92 Å². The first-order valence-corrected chi connectivity index (χ1v) is 6.01. The quantitative estimate of drug-likeness (QED) is 0.868. The van der Waals surface area contributed by atoms with Gasteiger partial charge in [-0.3, -0.25) is 4.79 Å². The molecule has 1 saturated carbocycles. The van der Waals surface area contributed by atoms with E-state index in [4.69, 9.17) is 5.11 Å². The van der Waals surface area contributed by atoms with Crippen molar-refractivity contribution >= 4 is 17.3 Å². The summed E-state index contributed by atoms with van der Waals surface area (Å²) in [6.07, 6.45) is -0.596. The van der Waals surface area contributed by atoms with Crippen LogP contribution in [0, 0.1) is 5.92 Å². The second-order valence-corrected chi connectivity index (χ2v) is 5.14. The molecule has 0 aliphatic heterocycles. The largest absolute Gasteiger partial charge is 0.481 e. The van der Waals surface area contributed by atoms with Crippen molar-refractivity contribution in [3.8, 4) is 0 Å². The first kappa shape index (κ1) is 11.5. The molecule has 0 unspecified atom stereocenters. The van der Waals surface area contributed by atoms with E-state index in [1.807, 2.05) is 0 Å². The van der Waals surface area contributed by atoms with E-state index in [1.165, 1.54) is 11.3 Å². The van der Waals surface area contributed by atoms with Gasteiger partial charge in [-0.25, -0.2) is 8.78 Å². The average Bonchev–Trinajstić information content (AvgIpc) is 2.68. The summed E-state index contributed by atoms with van der Waals surface area (Å²) in [6.45, 7) is 0. The van der Waals surface area contributed by atoms with E-state index in [2.05, 4.69) is 0 Å². The highest BCUT2D eigenvalue weighted by Crippen LogP contribution is 2.46. The van der Waals surface area contributed by atoms with Crippen LogP contribution >= 0.6 is 11.3 Å². The third-order valence-corrected chi connectivity index (χ3v) is 4.06. The number of halogens is 2. The van der Waals surface area contributed by atoms with Gasteiger partial charge in [-0.2, -0.15) is 0 Å². The van der Waals surface area contributed by atoms with Gasteiger partial charge in [-0.1, -0.05) is 6.07 Å². The van der Waals surface area contributed by atoms with E-state index in [1.54, 1.807) is 17.5 Å². The Balaban J connectivity index is 2.25. The minimum absolute atomic E-state index is 0.0604. The first-order valence-electron chi connectivity index (χ1n) is 5.14. The first-order chi connectivity index (χ1) is 7.49. The number of carbonyl (C=O) groups is 1. The second kappa shape index (κ2) is 4.13.